The van der Waals surface area contributed by atoms with Crippen molar-refractivity contribution >= 4 is 0 Å². The molecule has 0 aliphatic heterocycles. The average molecular weight is 317 g/mol. The minimum Gasteiger partial charge on any atom is -0.392 e. The van der Waals surface area contributed by atoms with Crippen molar-refractivity contribution in [1.82, 2.24) is 9.80 Å². The molecule has 134 valence electrons. The van der Waals surface area contributed by atoms with E-state index in [-0.39, 0.29) is 12.2 Å². The fraction of sp³-hybridized carbons (Fsp3) is 1.00. The first kappa shape index (κ1) is 21.8. The van der Waals surface area contributed by atoms with Crippen LogP contribution in [0.25, 0.3) is 0 Å². The Kier molecular flexibility index (Phi) is 14.3. The standard InChI is InChI=1S/C18H40N2O2/c1-5-17(21)15-19(7-3)13-11-9-10-12-14-20(8-4)16-18(22)6-2/h17-18,21-22H,5-16H2,1-4H3. The van der Waals surface area contributed by atoms with E-state index in [1.54, 1.807) is 0 Å². The van der Waals surface area contributed by atoms with Gasteiger partial charge in [0.25, 0.3) is 0 Å². The first-order chi connectivity index (χ1) is 10.6. The van der Waals surface area contributed by atoms with Crippen molar-refractivity contribution in [3.05, 3.63) is 0 Å². The second-order valence-corrected chi connectivity index (χ2v) is 6.32. The van der Waals surface area contributed by atoms with Crippen LogP contribution in [-0.2, 0) is 0 Å². The monoisotopic (exact) mass is 316 g/mol. The van der Waals surface area contributed by atoms with Gasteiger partial charge in [-0.1, -0.05) is 40.5 Å². The highest BCUT2D eigenvalue weighted by molar-refractivity contribution is 4.64. The molecule has 0 saturated carbocycles. The Bertz CT molecular complexity index is 215. The van der Waals surface area contributed by atoms with Gasteiger partial charge in [-0.3, -0.25) is 0 Å². The van der Waals surface area contributed by atoms with Crippen molar-refractivity contribution in [3.8, 4) is 0 Å². The fourth-order valence-corrected chi connectivity index (χ4v) is 2.64. The molecule has 0 bridgehead atoms. The summed E-state index contributed by atoms with van der Waals surface area (Å²) in [5, 5.41) is 19.4. The largest absolute Gasteiger partial charge is 0.392 e. The van der Waals surface area contributed by atoms with Crippen LogP contribution in [0.1, 0.15) is 66.2 Å². The van der Waals surface area contributed by atoms with Gasteiger partial charge in [0.15, 0.2) is 0 Å². The average Bonchev–Trinajstić information content (AvgIpc) is 2.54. The molecule has 0 rings (SSSR count). The van der Waals surface area contributed by atoms with E-state index in [2.05, 4.69) is 23.6 Å². The molecule has 22 heavy (non-hydrogen) atoms. The predicted molar refractivity (Wildman–Crippen MR) is 95.3 cm³/mol. The van der Waals surface area contributed by atoms with Crippen LogP contribution in [0, 0.1) is 0 Å². The maximum absolute atomic E-state index is 9.71. The number of nitrogens with zero attached hydrogens (tertiary/aromatic N) is 2. The molecule has 0 heterocycles. The Morgan fingerprint density at radius 2 is 1.00 bits per heavy atom. The van der Waals surface area contributed by atoms with E-state index in [0.717, 1.165) is 52.1 Å². The van der Waals surface area contributed by atoms with Crippen LogP contribution >= 0.6 is 0 Å². The van der Waals surface area contributed by atoms with Crippen molar-refractivity contribution in [3.63, 3.8) is 0 Å². The highest BCUT2D eigenvalue weighted by Crippen LogP contribution is 2.06. The Labute approximate surface area is 138 Å². The quantitative estimate of drug-likeness (QED) is 0.456. The summed E-state index contributed by atoms with van der Waals surface area (Å²) in [5.41, 5.74) is 0. The van der Waals surface area contributed by atoms with Gasteiger partial charge < -0.3 is 20.0 Å². The maximum atomic E-state index is 9.71. The molecule has 0 radical (unpaired) electrons. The molecule has 2 unspecified atom stereocenters. The number of likely N-dealkylation sites (N-methyl/N-ethyl adjacent to an activating group) is 2. The van der Waals surface area contributed by atoms with Gasteiger partial charge in [-0.15, -0.1) is 0 Å². The molecule has 0 aliphatic rings. The second kappa shape index (κ2) is 14.4. The van der Waals surface area contributed by atoms with Crippen molar-refractivity contribution in [2.75, 3.05) is 39.3 Å². The van der Waals surface area contributed by atoms with Gasteiger partial charge in [0.05, 0.1) is 12.2 Å². The smallest absolute Gasteiger partial charge is 0.0664 e. The highest BCUT2D eigenvalue weighted by Gasteiger charge is 2.09. The van der Waals surface area contributed by atoms with Crippen LogP contribution in [0.2, 0.25) is 0 Å². The summed E-state index contributed by atoms with van der Waals surface area (Å²) in [7, 11) is 0. The lowest BCUT2D eigenvalue weighted by molar-refractivity contribution is 0.108. The topological polar surface area (TPSA) is 46.9 Å². The number of hydrogen-bond donors (Lipinski definition) is 2. The summed E-state index contributed by atoms with van der Waals surface area (Å²) in [5.74, 6) is 0. The highest BCUT2D eigenvalue weighted by atomic mass is 16.3. The first-order valence-corrected chi connectivity index (χ1v) is 9.38. The van der Waals surface area contributed by atoms with Gasteiger partial charge >= 0.3 is 0 Å². The minimum absolute atomic E-state index is 0.178. The van der Waals surface area contributed by atoms with E-state index in [4.69, 9.17) is 0 Å². The summed E-state index contributed by atoms with van der Waals surface area (Å²) >= 11 is 0. The maximum Gasteiger partial charge on any atom is 0.0664 e. The van der Waals surface area contributed by atoms with Gasteiger partial charge in [0.1, 0.15) is 0 Å². The molecule has 4 nitrogen and oxygen atoms in total. The van der Waals surface area contributed by atoms with E-state index in [0.29, 0.717) is 0 Å². The van der Waals surface area contributed by atoms with E-state index in [1.807, 2.05) is 13.8 Å². The van der Waals surface area contributed by atoms with Gasteiger partial charge in [-0.2, -0.15) is 0 Å². The van der Waals surface area contributed by atoms with Crippen molar-refractivity contribution in [2.45, 2.75) is 78.4 Å². The summed E-state index contributed by atoms with van der Waals surface area (Å²) in [6.07, 6.45) is 6.27. The van der Waals surface area contributed by atoms with Crippen LogP contribution in [0.3, 0.4) is 0 Å². The molecule has 0 saturated heterocycles. The SMILES string of the molecule is CCC(O)CN(CC)CCCCCCN(CC)CC(O)CC. The molecule has 0 aromatic heterocycles. The van der Waals surface area contributed by atoms with Crippen molar-refractivity contribution < 1.29 is 10.2 Å². The van der Waals surface area contributed by atoms with Crippen LogP contribution in [0.15, 0.2) is 0 Å². The predicted octanol–water partition coefficient (Wildman–Crippen LogP) is 2.73. The molecule has 0 fully saturated rings. The minimum atomic E-state index is -0.178. The number of aliphatic hydroxyl groups excluding tert-OH is 2. The number of unbranched alkanes of at least 4 members (excludes halogenated alkanes) is 3. The van der Waals surface area contributed by atoms with Gasteiger partial charge in [0, 0.05) is 13.1 Å². The van der Waals surface area contributed by atoms with Gasteiger partial charge in [0.2, 0.25) is 0 Å². The zero-order valence-corrected chi connectivity index (χ0v) is 15.4. The lowest BCUT2D eigenvalue weighted by atomic mass is 10.1. The molecule has 0 aromatic rings. The van der Waals surface area contributed by atoms with Gasteiger partial charge in [-0.25, -0.2) is 0 Å². The number of aliphatic hydroxyl groups is 2. The molecular weight excluding hydrogens is 276 g/mol. The third-order valence-electron chi connectivity index (χ3n) is 4.47. The zero-order chi connectivity index (χ0) is 16.8. The second-order valence-electron chi connectivity index (χ2n) is 6.32. The summed E-state index contributed by atoms with van der Waals surface area (Å²) < 4.78 is 0. The van der Waals surface area contributed by atoms with Crippen LogP contribution in [0.5, 0.6) is 0 Å². The Morgan fingerprint density at radius 3 is 1.27 bits per heavy atom. The molecule has 0 aliphatic carbocycles. The van der Waals surface area contributed by atoms with Crippen molar-refractivity contribution in [1.29, 1.82) is 0 Å². The molecule has 2 N–H and O–H groups in total. The molecule has 2 atom stereocenters. The van der Waals surface area contributed by atoms with Crippen LogP contribution in [0.4, 0.5) is 0 Å². The Hall–Kier alpha value is -0.160. The lowest BCUT2D eigenvalue weighted by Gasteiger charge is -2.24. The van der Waals surface area contributed by atoms with Crippen LogP contribution in [-0.4, -0.2) is 71.5 Å². The normalized spacial score (nSPS) is 14.7. The third kappa shape index (κ3) is 11.4. The summed E-state index contributed by atoms with van der Waals surface area (Å²) in [6, 6.07) is 0. The zero-order valence-electron chi connectivity index (χ0n) is 15.4. The molecule has 0 amide bonds. The molecule has 0 spiro atoms. The number of rotatable bonds is 15. The summed E-state index contributed by atoms with van der Waals surface area (Å²) in [4.78, 5) is 4.70. The van der Waals surface area contributed by atoms with Crippen LogP contribution < -0.4 is 0 Å². The molecule has 0 aromatic carbocycles. The molecular formula is C18H40N2O2. The van der Waals surface area contributed by atoms with E-state index < -0.39 is 0 Å². The Balaban J connectivity index is 3.66. The van der Waals surface area contributed by atoms with E-state index in [9.17, 15) is 10.2 Å². The molecule has 4 heteroatoms. The fourth-order valence-electron chi connectivity index (χ4n) is 2.64. The summed E-state index contributed by atoms with van der Waals surface area (Å²) in [6.45, 7) is 14.3. The van der Waals surface area contributed by atoms with E-state index in [1.165, 1.54) is 25.7 Å². The lowest BCUT2D eigenvalue weighted by Crippen LogP contribution is -2.33. The van der Waals surface area contributed by atoms with Crippen molar-refractivity contribution in [2.24, 2.45) is 0 Å². The number of hydrogen-bond acceptors (Lipinski definition) is 4. The Morgan fingerprint density at radius 1 is 0.636 bits per heavy atom. The van der Waals surface area contributed by atoms with Gasteiger partial charge in [-0.05, 0) is 51.9 Å². The van der Waals surface area contributed by atoms with E-state index >= 15 is 0 Å². The third-order valence-corrected chi connectivity index (χ3v) is 4.47. The first-order valence-electron chi connectivity index (χ1n) is 9.38.